The first kappa shape index (κ1) is 16.0. The van der Waals surface area contributed by atoms with Crippen LogP contribution in [0.15, 0.2) is 12.1 Å². The van der Waals surface area contributed by atoms with Crippen LogP contribution in [0, 0.1) is 5.92 Å². The second kappa shape index (κ2) is 6.56. The smallest absolute Gasteiger partial charge is 0.251 e. The lowest BCUT2D eigenvalue weighted by Gasteiger charge is -2.17. The number of hydrogen-bond acceptors (Lipinski definition) is 3. The summed E-state index contributed by atoms with van der Waals surface area (Å²) in [6.07, 6.45) is 2.35. The standard InChI is InChI=1S/C16H22ClNO3/c1-9(2)21-15-13(17)7-12(8-14(15)20-4)16(19)18-10(3)11-5-6-11/h7-11H,5-6H2,1-4H3,(H,18,19)/t10-/m0/s1. The number of ether oxygens (including phenoxy) is 2. The zero-order chi connectivity index (χ0) is 15.6. The van der Waals surface area contributed by atoms with Gasteiger partial charge < -0.3 is 14.8 Å². The van der Waals surface area contributed by atoms with Gasteiger partial charge in [-0.15, -0.1) is 0 Å². The fourth-order valence-corrected chi connectivity index (χ4v) is 2.46. The maximum Gasteiger partial charge on any atom is 0.251 e. The van der Waals surface area contributed by atoms with Crippen molar-refractivity contribution in [3.05, 3.63) is 22.7 Å². The molecule has 0 heterocycles. The highest BCUT2D eigenvalue weighted by atomic mass is 35.5. The van der Waals surface area contributed by atoms with Gasteiger partial charge in [-0.3, -0.25) is 4.79 Å². The molecule has 5 heteroatoms. The first-order valence-electron chi connectivity index (χ1n) is 7.27. The maximum atomic E-state index is 12.3. The molecule has 1 saturated carbocycles. The lowest BCUT2D eigenvalue weighted by atomic mass is 10.1. The molecule has 0 aliphatic heterocycles. The lowest BCUT2D eigenvalue weighted by Crippen LogP contribution is -2.34. The van der Waals surface area contributed by atoms with Crippen LogP contribution in [-0.2, 0) is 0 Å². The number of halogens is 1. The number of methoxy groups -OCH3 is 1. The van der Waals surface area contributed by atoms with Crippen LogP contribution in [0.1, 0.15) is 44.0 Å². The Morgan fingerprint density at radius 2 is 2.00 bits per heavy atom. The molecule has 2 rings (SSSR count). The van der Waals surface area contributed by atoms with Crippen LogP contribution in [0.4, 0.5) is 0 Å². The molecule has 1 aromatic carbocycles. The predicted molar refractivity (Wildman–Crippen MR) is 83.4 cm³/mol. The number of benzene rings is 1. The summed E-state index contributed by atoms with van der Waals surface area (Å²) < 4.78 is 10.9. The normalized spacial score (nSPS) is 15.7. The van der Waals surface area contributed by atoms with Gasteiger partial charge in [0.2, 0.25) is 0 Å². The zero-order valence-electron chi connectivity index (χ0n) is 12.9. The van der Waals surface area contributed by atoms with Crippen molar-refractivity contribution in [3.8, 4) is 11.5 Å². The van der Waals surface area contributed by atoms with Crippen LogP contribution < -0.4 is 14.8 Å². The second-order valence-corrected chi connectivity index (χ2v) is 6.16. The molecule has 1 aliphatic rings. The van der Waals surface area contributed by atoms with E-state index >= 15 is 0 Å². The van der Waals surface area contributed by atoms with Gasteiger partial charge in [0.15, 0.2) is 11.5 Å². The Balaban J connectivity index is 2.19. The van der Waals surface area contributed by atoms with E-state index in [1.54, 1.807) is 12.1 Å². The Bertz CT molecular complexity index is 526. The van der Waals surface area contributed by atoms with Gasteiger partial charge >= 0.3 is 0 Å². The van der Waals surface area contributed by atoms with E-state index in [0.29, 0.717) is 28.0 Å². The number of rotatable bonds is 6. The summed E-state index contributed by atoms with van der Waals surface area (Å²) in [6.45, 7) is 5.85. The molecule has 0 unspecified atom stereocenters. The van der Waals surface area contributed by atoms with Crippen LogP contribution in [0.5, 0.6) is 11.5 Å². The van der Waals surface area contributed by atoms with Crippen molar-refractivity contribution < 1.29 is 14.3 Å². The highest BCUT2D eigenvalue weighted by Gasteiger charge is 2.29. The summed E-state index contributed by atoms with van der Waals surface area (Å²) in [4.78, 5) is 12.3. The average Bonchev–Trinajstić information content (AvgIpc) is 3.24. The maximum absolute atomic E-state index is 12.3. The van der Waals surface area contributed by atoms with Gasteiger partial charge in [0.25, 0.3) is 5.91 Å². The van der Waals surface area contributed by atoms with Crippen LogP contribution in [-0.4, -0.2) is 25.2 Å². The van der Waals surface area contributed by atoms with Crippen molar-refractivity contribution in [1.82, 2.24) is 5.32 Å². The highest BCUT2D eigenvalue weighted by molar-refractivity contribution is 6.32. The molecule has 1 amide bonds. The summed E-state index contributed by atoms with van der Waals surface area (Å²) in [5.41, 5.74) is 0.487. The third-order valence-electron chi connectivity index (χ3n) is 3.53. The third kappa shape index (κ3) is 4.03. The molecule has 0 spiro atoms. The molecule has 1 N–H and O–H groups in total. The van der Waals surface area contributed by atoms with Gasteiger partial charge in [-0.25, -0.2) is 0 Å². The summed E-state index contributed by atoms with van der Waals surface area (Å²) >= 11 is 6.23. The Morgan fingerprint density at radius 1 is 1.33 bits per heavy atom. The molecule has 1 aliphatic carbocycles. The molecule has 116 valence electrons. The van der Waals surface area contributed by atoms with Crippen molar-refractivity contribution in [2.45, 2.75) is 45.8 Å². The van der Waals surface area contributed by atoms with E-state index in [1.807, 2.05) is 20.8 Å². The number of hydrogen-bond donors (Lipinski definition) is 1. The van der Waals surface area contributed by atoms with Gasteiger partial charge in [0.1, 0.15) is 0 Å². The SMILES string of the molecule is COc1cc(C(=O)N[C@@H](C)C2CC2)cc(Cl)c1OC(C)C. The topological polar surface area (TPSA) is 47.6 Å². The van der Waals surface area contributed by atoms with Crippen LogP contribution in [0.3, 0.4) is 0 Å². The molecule has 0 bridgehead atoms. The van der Waals surface area contributed by atoms with Crippen molar-refractivity contribution in [3.63, 3.8) is 0 Å². The predicted octanol–water partition coefficient (Wildman–Crippen LogP) is 3.66. The van der Waals surface area contributed by atoms with Gasteiger partial charge in [-0.1, -0.05) is 11.6 Å². The van der Waals surface area contributed by atoms with Crippen LogP contribution in [0.2, 0.25) is 5.02 Å². The van der Waals surface area contributed by atoms with E-state index < -0.39 is 0 Å². The van der Waals surface area contributed by atoms with E-state index in [4.69, 9.17) is 21.1 Å². The van der Waals surface area contributed by atoms with Crippen molar-refractivity contribution >= 4 is 17.5 Å². The fourth-order valence-electron chi connectivity index (χ4n) is 2.21. The highest BCUT2D eigenvalue weighted by Crippen LogP contribution is 2.37. The zero-order valence-corrected chi connectivity index (χ0v) is 13.7. The van der Waals surface area contributed by atoms with E-state index in [0.717, 1.165) is 0 Å². The van der Waals surface area contributed by atoms with Gasteiger partial charge in [0.05, 0.1) is 18.2 Å². The number of carbonyl (C=O) groups excluding carboxylic acids is 1. The van der Waals surface area contributed by atoms with E-state index in [2.05, 4.69) is 5.32 Å². The summed E-state index contributed by atoms with van der Waals surface area (Å²) in [5.74, 6) is 1.42. The van der Waals surface area contributed by atoms with Crippen molar-refractivity contribution in [1.29, 1.82) is 0 Å². The molecule has 0 radical (unpaired) electrons. The van der Waals surface area contributed by atoms with Crippen LogP contribution >= 0.6 is 11.6 Å². The summed E-state index contributed by atoms with van der Waals surface area (Å²) in [5, 5.41) is 3.38. The quantitative estimate of drug-likeness (QED) is 0.872. The summed E-state index contributed by atoms with van der Waals surface area (Å²) in [6, 6.07) is 3.48. The molecule has 21 heavy (non-hydrogen) atoms. The molecular formula is C16H22ClNO3. The lowest BCUT2D eigenvalue weighted by molar-refractivity contribution is 0.0935. The molecular weight excluding hydrogens is 290 g/mol. The summed E-state index contributed by atoms with van der Waals surface area (Å²) in [7, 11) is 1.54. The van der Waals surface area contributed by atoms with E-state index in [-0.39, 0.29) is 18.1 Å². The van der Waals surface area contributed by atoms with E-state index in [9.17, 15) is 4.79 Å². The van der Waals surface area contributed by atoms with Gasteiger partial charge in [0, 0.05) is 11.6 Å². The number of nitrogens with one attached hydrogen (secondary N) is 1. The Kier molecular flexibility index (Phi) is 4.99. The minimum atomic E-state index is -0.134. The molecule has 1 fully saturated rings. The van der Waals surface area contributed by atoms with Gasteiger partial charge in [-0.05, 0) is 51.7 Å². The third-order valence-corrected chi connectivity index (χ3v) is 3.81. The van der Waals surface area contributed by atoms with E-state index in [1.165, 1.54) is 20.0 Å². The molecule has 0 aromatic heterocycles. The average molecular weight is 312 g/mol. The fraction of sp³-hybridized carbons (Fsp3) is 0.562. The Hall–Kier alpha value is -1.42. The second-order valence-electron chi connectivity index (χ2n) is 5.76. The monoisotopic (exact) mass is 311 g/mol. The molecule has 1 atom stereocenters. The van der Waals surface area contributed by atoms with Gasteiger partial charge in [-0.2, -0.15) is 0 Å². The Morgan fingerprint density at radius 3 is 2.52 bits per heavy atom. The molecule has 1 aromatic rings. The molecule has 0 saturated heterocycles. The Labute approximate surface area is 130 Å². The van der Waals surface area contributed by atoms with Crippen molar-refractivity contribution in [2.75, 3.05) is 7.11 Å². The van der Waals surface area contributed by atoms with Crippen molar-refractivity contribution in [2.24, 2.45) is 5.92 Å². The van der Waals surface area contributed by atoms with Crippen LogP contribution in [0.25, 0.3) is 0 Å². The minimum absolute atomic E-state index is 0.0223. The largest absolute Gasteiger partial charge is 0.493 e. The number of carbonyl (C=O) groups is 1. The minimum Gasteiger partial charge on any atom is -0.493 e. The number of amides is 1. The first-order chi connectivity index (χ1) is 9.92. The molecule has 4 nitrogen and oxygen atoms in total. The first-order valence-corrected chi connectivity index (χ1v) is 7.65.